The van der Waals surface area contributed by atoms with E-state index in [-0.39, 0.29) is 6.04 Å². The Balaban J connectivity index is 2.07. The first kappa shape index (κ1) is 14.3. The monoisotopic (exact) mass is 272 g/mol. The standard InChI is InChI=1S/C16H20N2O2/c1-12(18-11-13-5-4-8-17-10-13)15-7-6-14(19-2)9-16(15)20-3/h4-10,12,18H,11H2,1-3H3. The Bertz CT molecular complexity index is 543. The van der Waals surface area contributed by atoms with Crippen molar-refractivity contribution < 1.29 is 9.47 Å². The summed E-state index contributed by atoms with van der Waals surface area (Å²) in [5.74, 6) is 1.63. The first-order valence-electron chi connectivity index (χ1n) is 6.59. The Kier molecular flexibility index (Phi) is 4.96. The maximum absolute atomic E-state index is 5.43. The Morgan fingerprint density at radius 1 is 1.20 bits per heavy atom. The zero-order valence-electron chi connectivity index (χ0n) is 12.1. The fourth-order valence-electron chi connectivity index (χ4n) is 2.06. The summed E-state index contributed by atoms with van der Waals surface area (Å²) < 4.78 is 10.6. The van der Waals surface area contributed by atoms with Crippen molar-refractivity contribution in [1.82, 2.24) is 10.3 Å². The Morgan fingerprint density at radius 3 is 2.70 bits per heavy atom. The summed E-state index contributed by atoms with van der Waals surface area (Å²) in [5, 5.41) is 3.47. The highest BCUT2D eigenvalue weighted by atomic mass is 16.5. The molecule has 4 nitrogen and oxygen atoms in total. The second kappa shape index (κ2) is 6.91. The molecule has 0 spiro atoms. The van der Waals surface area contributed by atoms with Gasteiger partial charge in [0.1, 0.15) is 11.5 Å². The van der Waals surface area contributed by atoms with Crippen molar-refractivity contribution in [3.63, 3.8) is 0 Å². The van der Waals surface area contributed by atoms with E-state index in [0.717, 1.165) is 29.2 Å². The highest BCUT2D eigenvalue weighted by Crippen LogP contribution is 2.29. The number of nitrogens with one attached hydrogen (secondary N) is 1. The quantitative estimate of drug-likeness (QED) is 0.878. The van der Waals surface area contributed by atoms with Crippen molar-refractivity contribution in [1.29, 1.82) is 0 Å². The molecule has 0 aliphatic rings. The lowest BCUT2D eigenvalue weighted by molar-refractivity contribution is 0.386. The van der Waals surface area contributed by atoms with Crippen LogP contribution >= 0.6 is 0 Å². The smallest absolute Gasteiger partial charge is 0.127 e. The number of pyridine rings is 1. The van der Waals surface area contributed by atoms with Crippen molar-refractivity contribution in [2.24, 2.45) is 0 Å². The highest BCUT2D eigenvalue weighted by molar-refractivity contribution is 5.42. The van der Waals surface area contributed by atoms with Crippen LogP contribution in [0.1, 0.15) is 24.1 Å². The van der Waals surface area contributed by atoms with Gasteiger partial charge in [0.2, 0.25) is 0 Å². The normalized spacial score (nSPS) is 11.9. The van der Waals surface area contributed by atoms with Gasteiger partial charge in [-0.05, 0) is 24.6 Å². The van der Waals surface area contributed by atoms with Crippen molar-refractivity contribution in [3.05, 3.63) is 53.9 Å². The van der Waals surface area contributed by atoms with Crippen molar-refractivity contribution >= 4 is 0 Å². The zero-order valence-corrected chi connectivity index (χ0v) is 12.1. The first-order chi connectivity index (χ1) is 9.74. The molecule has 1 heterocycles. The summed E-state index contributed by atoms with van der Waals surface area (Å²) >= 11 is 0. The van der Waals surface area contributed by atoms with Crippen LogP contribution in [0, 0.1) is 0 Å². The van der Waals surface area contributed by atoms with E-state index in [2.05, 4.69) is 23.3 Å². The number of methoxy groups -OCH3 is 2. The second-order valence-corrected chi connectivity index (χ2v) is 4.57. The van der Waals surface area contributed by atoms with E-state index < -0.39 is 0 Å². The summed E-state index contributed by atoms with van der Waals surface area (Å²) in [6.07, 6.45) is 3.64. The van der Waals surface area contributed by atoms with Gasteiger partial charge in [0.15, 0.2) is 0 Å². The van der Waals surface area contributed by atoms with Gasteiger partial charge in [0, 0.05) is 36.6 Å². The molecule has 0 aliphatic carbocycles. The van der Waals surface area contributed by atoms with Crippen molar-refractivity contribution in [2.75, 3.05) is 14.2 Å². The minimum Gasteiger partial charge on any atom is -0.497 e. The van der Waals surface area contributed by atoms with Gasteiger partial charge < -0.3 is 14.8 Å². The number of benzene rings is 1. The van der Waals surface area contributed by atoms with Gasteiger partial charge in [0.25, 0.3) is 0 Å². The molecule has 1 atom stereocenters. The van der Waals surface area contributed by atoms with Gasteiger partial charge in [0.05, 0.1) is 14.2 Å². The molecule has 2 aromatic rings. The van der Waals surface area contributed by atoms with Crippen molar-refractivity contribution in [3.8, 4) is 11.5 Å². The highest BCUT2D eigenvalue weighted by Gasteiger charge is 2.12. The van der Waals surface area contributed by atoms with Crippen LogP contribution in [0.2, 0.25) is 0 Å². The fourth-order valence-corrected chi connectivity index (χ4v) is 2.06. The molecule has 0 fully saturated rings. The maximum atomic E-state index is 5.43. The van der Waals surface area contributed by atoms with Crippen LogP contribution in [-0.2, 0) is 6.54 Å². The number of hydrogen-bond donors (Lipinski definition) is 1. The number of hydrogen-bond acceptors (Lipinski definition) is 4. The van der Waals surface area contributed by atoms with Crippen LogP contribution in [0.15, 0.2) is 42.7 Å². The average Bonchev–Trinajstić information content (AvgIpc) is 2.52. The lowest BCUT2D eigenvalue weighted by atomic mass is 10.1. The zero-order chi connectivity index (χ0) is 14.4. The predicted octanol–water partition coefficient (Wildman–Crippen LogP) is 2.95. The molecule has 0 aliphatic heterocycles. The molecule has 1 unspecified atom stereocenters. The lowest BCUT2D eigenvalue weighted by Gasteiger charge is -2.18. The van der Waals surface area contributed by atoms with Crippen LogP contribution in [0.4, 0.5) is 0 Å². The molecule has 0 saturated carbocycles. The molecule has 20 heavy (non-hydrogen) atoms. The van der Waals surface area contributed by atoms with Crippen LogP contribution in [0.25, 0.3) is 0 Å². The maximum Gasteiger partial charge on any atom is 0.127 e. The van der Waals surface area contributed by atoms with Crippen LogP contribution < -0.4 is 14.8 Å². The number of ether oxygens (including phenoxy) is 2. The minimum atomic E-state index is 0.177. The summed E-state index contributed by atoms with van der Waals surface area (Å²) in [5.41, 5.74) is 2.27. The average molecular weight is 272 g/mol. The molecule has 1 aromatic heterocycles. The van der Waals surface area contributed by atoms with E-state index in [0.29, 0.717) is 0 Å². The SMILES string of the molecule is COc1ccc(C(C)NCc2cccnc2)c(OC)c1. The number of aromatic nitrogens is 1. The summed E-state index contributed by atoms with van der Waals surface area (Å²) in [7, 11) is 3.32. The third kappa shape index (κ3) is 3.48. The lowest BCUT2D eigenvalue weighted by Crippen LogP contribution is -2.18. The van der Waals surface area contributed by atoms with Crippen molar-refractivity contribution in [2.45, 2.75) is 19.5 Å². The molecule has 0 amide bonds. The van der Waals surface area contributed by atoms with Gasteiger partial charge in [-0.15, -0.1) is 0 Å². The predicted molar refractivity (Wildman–Crippen MR) is 79.0 cm³/mol. The van der Waals surface area contributed by atoms with E-state index in [4.69, 9.17) is 9.47 Å². The summed E-state index contributed by atoms with van der Waals surface area (Å²) in [4.78, 5) is 4.11. The van der Waals surface area contributed by atoms with Crippen LogP contribution in [-0.4, -0.2) is 19.2 Å². The molecular formula is C16H20N2O2. The third-order valence-electron chi connectivity index (χ3n) is 3.24. The summed E-state index contributed by atoms with van der Waals surface area (Å²) in [6, 6.07) is 10.0. The molecule has 2 rings (SSSR count). The van der Waals surface area contributed by atoms with E-state index in [9.17, 15) is 0 Å². The van der Waals surface area contributed by atoms with E-state index in [1.165, 1.54) is 0 Å². The molecule has 1 N–H and O–H groups in total. The van der Waals surface area contributed by atoms with Gasteiger partial charge in [-0.1, -0.05) is 12.1 Å². The van der Waals surface area contributed by atoms with Gasteiger partial charge in [-0.3, -0.25) is 4.98 Å². The summed E-state index contributed by atoms with van der Waals surface area (Å²) in [6.45, 7) is 2.88. The molecule has 0 saturated heterocycles. The van der Waals surface area contributed by atoms with Gasteiger partial charge in [-0.2, -0.15) is 0 Å². The molecule has 0 radical (unpaired) electrons. The second-order valence-electron chi connectivity index (χ2n) is 4.57. The topological polar surface area (TPSA) is 43.4 Å². The van der Waals surface area contributed by atoms with E-state index in [1.807, 2.05) is 30.5 Å². The number of nitrogens with zero attached hydrogens (tertiary/aromatic N) is 1. The molecule has 0 bridgehead atoms. The van der Waals surface area contributed by atoms with Crippen LogP contribution in [0.3, 0.4) is 0 Å². The largest absolute Gasteiger partial charge is 0.497 e. The third-order valence-corrected chi connectivity index (χ3v) is 3.24. The molecule has 106 valence electrons. The molecular weight excluding hydrogens is 252 g/mol. The molecule has 1 aromatic carbocycles. The van der Waals surface area contributed by atoms with Crippen LogP contribution in [0.5, 0.6) is 11.5 Å². The van der Waals surface area contributed by atoms with E-state index >= 15 is 0 Å². The Hall–Kier alpha value is -2.07. The number of rotatable bonds is 6. The Labute approximate surface area is 119 Å². The van der Waals surface area contributed by atoms with Gasteiger partial charge >= 0.3 is 0 Å². The first-order valence-corrected chi connectivity index (χ1v) is 6.59. The van der Waals surface area contributed by atoms with E-state index in [1.54, 1.807) is 20.4 Å². The molecule has 4 heteroatoms. The minimum absolute atomic E-state index is 0.177. The Morgan fingerprint density at radius 2 is 2.05 bits per heavy atom. The van der Waals surface area contributed by atoms with Gasteiger partial charge in [-0.25, -0.2) is 0 Å². The fraction of sp³-hybridized carbons (Fsp3) is 0.312.